The van der Waals surface area contributed by atoms with Gasteiger partial charge in [0.05, 0.1) is 20.2 Å². The highest BCUT2D eigenvalue weighted by molar-refractivity contribution is 5.55. The number of hydrogen-bond donors (Lipinski definition) is 1. The number of aromatic nitrogens is 2. The average molecular weight is 215 g/mol. The Bertz CT molecular complexity index is 519. The first-order chi connectivity index (χ1) is 7.86. The van der Waals surface area contributed by atoms with Gasteiger partial charge in [-0.1, -0.05) is 0 Å². The van der Waals surface area contributed by atoms with E-state index < -0.39 is 0 Å². The van der Waals surface area contributed by atoms with Gasteiger partial charge in [-0.15, -0.1) is 0 Å². The van der Waals surface area contributed by atoms with Crippen molar-refractivity contribution in [3.8, 4) is 5.75 Å². The number of imidazole rings is 1. The summed E-state index contributed by atoms with van der Waals surface area (Å²) in [6, 6.07) is 6.10. The van der Waals surface area contributed by atoms with Gasteiger partial charge in [0, 0.05) is 18.1 Å². The van der Waals surface area contributed by atoms with Crippen LogP contribution in [0.5, 0.6) is 5.75 Å². The lowest BCUT2D eigenvalue weighted by Gasteiger charge is -2.09. The van der Waals surface area contributed by atoms with Gasteiger partial charge in [-0.05, 0) is 23.8 Å². The summed E-state index contributed by atoms with van der Waals surface area (Å²) < 4.78 is 7.39. The zero-order valence-corrected chi connectivity index (χ0v) is 9.10. The fraction of sp³-hybridized carbons (Fsp3) is 0.250. The minimum atomic E-state index is 0.770. The maximum Gasteiger partial charge on any atom is 0.128 e. The summed E-state index contributed by atoms with van der Waals surface area (Å²) in [5.41, 5.74) is 2.39. The fourth-order valence-corrected chi connectivity index (χ4v) is 2.01. The van der Waals surface area contributed by atoms with E-state index in [-0.39, 0.29) is 0 Å². The Morgan fingerprint density at radius 2 is 2.38 bits per heavy atom. The van der Waals surface area contributed by atoms with Crippen molar-refractivity contribution in [2.75, 3.05) is 12.4 Å². The number of rotatable bonds is 1. The molecule has 0 fully saturated rings. The highest BCUT2D eigenvalue weighted by Crippen LogP contribution is 2.25. The largest absolute Gasteiger partial charge is 0.497 e. The number of benzene rings is 1. The Morgan fingerprint density at radius 3 is 3.25 bits per heavy atom. The molecule has 4 heteroatoms. The monoisotopic (exact) mass is 215 g/mol. The molecule has 0 amide bonds. The van der Waals surface area contributed by atoms with E-state index in [0.29, 0.717) is 0 Å². The van der Waals surface area contributed by atoms with Crippen LogP contribution in [0.2, 0.25) is 0 Å². The quantitative estimate of drug-likeness (QED) is 0.789. The molecule has 1 aromatic heterocycles. The van der Waals surface area contributed by atoms with Crippen LogP contribution in [-0.4, -0.2) is 16.7 Å². The van der Waals surface area contributed by atoms with Crippen LogP contribution in [-0.2, 0) is 13.1 Å². The number of nitrogens with one attached hydrogen (secondary N) is 1. The van der Waals surface area contributed by atoms with E-state index in [0.717, 1.165) is 30.4 Å². The molecule has 1 aromatic carbocycles. The molecule has 0 radical (unpaired) electrons. The second kappa shape index (κ2) is 3.56. The van der Waals surface area contributed by atoms with E-state index in [2.05, 4.69) is 27.0 Å². The summed E-state index contributed by atoms with van der Waals surface area (Å²) >= 11 is 0. The first kappa shape index (κ1) is 9.27. The number of anilines is 1. The van der Waals surface area contributed by atoms with E-state index in [4.69, 9.17) is 4.74 Å². The molecule has 4 nitrogen and oxygen atoms in total. The molecule has 0 saturated carbocycles. The van der Waals surface area contributed by atoms with Crippen molar-refractivity contribution in [1.82, 2.24) is 9.55 Å². The van der Waals surface area contributed by atoms with Crippen LogP contribution in [0.3, 0.4) is 0 Å². The smallest absolute Gasteiger partial charge is 0.128 e. The number of hydrogen-bond acceptors (Lipinski definition) is 3. The predicted molar refractivity (Wildman–Crippen MR) is 61.6 cm³/mol. The molecule has 82 valence electrons. The first-order valence-electron chi connectivity index (χ1n) is 5.27. The molecular weight excluding hydrogens is 202 g/mol. The molecule has 0 unspecified atom stereocenters. The van der Waals surface area contributed by atoms with Crippen LogP contribution < -0.4 is 10.1 Å². The molecule has 0 bridgehead atoms. The third-order valence-corrected chi connectivity index (χ3v) is 2.89. The van der Waals surface area contributed by atoms with Crippen molar-refractivity contribution >= 4 is 5.69 Å². The van der Waals surface area contributed by atoms with Crippen molar-refractivity contribution in [3.63, 3.8) is 0 Å². The maximum atomic E-state index is 5.24. The molecule has 0 saturated heterocycles. The lowest BCUT2D eigenvalue weighted by Crippen LogP contribution is -2.02. The molecule has 0 aliphatic carbocycles. The molecule has 1 aliphatic rings. The third-order valence-electron chi connectivity index (χ3n) is 2.89. The van der Waals surface area contributed by atoms with Gasteiger partial charge in [0.25, 0.3) is 0 Å². The molecule has 1 aliphatic heterocycles. The lowest BCUT2D eigenvalue weighted by atomic mass is 10.1. The van der Waals surface area contributed by atoms with Gasteiger partial charge in [-0.25, -0.2) is 4.98 Å². The Hall–Kier alpha value is -1.97. The molecule has 3 rings (SSSR count). The van der Waals surface area contributed by atoms with Crippen LogP contribution in [0.25, 0.3) is 0 Å². The second-order valence-electron chi connectivity index (χ2n) is 3.85. The first-order valence-corrected chi connectivity index (χ1v) is 5.27. The summed E-state index contributed by atoms with van der Waals surface area (Å²) in [5.74, 6) is 1.96. The summed E-state index contributed by atoms with van der Waals surface area (Å²) in [4.78, 5) is 4.31. The minimum absolute atomic E-state index is 0.770. The van der Waals surface area contributed by atoms with Gasteiger partial charge in [0.2, 0.25) is 0 Å². The van der Waals surface area contributed by atoms with Gasteiger partial charge in [0.1, 0.15) is 11.6 Å². The molecule has 16 heavy (non-hydrogen) atoms. The summed E-state index contributed by atoms with van der Waals surface area (Å²) in [6.45, 7) is 1.61. The van der Waals surface area contributed by atoms with Crippen molar-refractivity contribution < 1.29 is 4.74 Å². The van der Waals surface area contributed by atoms with Gasteiger partial charge in [0.15, 0.2) is 0 Å². The van der Waals surface area contributed by atoms with E-state index in [9.17, 15) is 0 Å². The molecule has 0 spiro atoms. The summed E-state index contributed by atoms with van der Waals surface area (Å²) in [6.07, 6.45) is 3.84. The number of ether oxygens (including phenoxy) is 1. The normalized spacial score (nSPS) is 13.3. The Morgan fingerprint density at radius 1 is 1.44 bits per heavy atom. The topological polar surface area (TPSA) is 39.1 Å². The minimum Gasteiger partial charge on any atom is -0.497 e. The third kappa shape index (κ3) is 1.43. The van der Waals surface area contributed by atoms with Crippen LogP contribution in [0.15, 0.2) is 30.6 Å². The number of fused-ring (bicyclic) bond motifs is 2. The number of methoxy groups -OCH3 is 1. The van der Waals surface area contributed by atoms with E-state index >= 15 is 0 Å². The highest BCUT2D eigenvalue weighted by atomic mass is 16.5. The Balaban J connectivity index is 2.05. The molecular formula is C12H13N3O. The lowest BCUT2D eigenvalue weighted by molar-refractivity contribution is 0.414. The van der Waals surface area contributed by atoms with Crippen molar-refractivity contribution in [2.45, 2.75) is 13.1 Å². The van der Waals surface area contributed by atoms with Crippen molar-refractivity contribution in [1.29, 1.82) is 0 Å². The predicted octanol–water partition coefficient (Wildman–Crippen LogP) is 1.87. The zero-order chi connectivity index (χ0) is 11.0. The van der Waals surface area contributed by atoms with Gasteiger partial charge in [-0.3, -0.25) is 0 Å². The van der Waals surface area contributed by atoms with Gasteiger partial charge in [-0.2, -0.15) is 0 Å². The van der Waals surface area contributed by atoms with Crippen LogP contribution in [0.4, 0.5) is 5.69 Å². The van der Waals surface area contributed by atoms with Gasteiger partial charge < -0.3 is 14.6 Å². The second-order valence-corrected chi connectivity index (χ2v) is 3.85. The summed E-state index contributed by atoms with van der Waals surface area (Å²) in [5, 5.41) is 3.38. The standard InChI is InChI=1S/C12H13N3O/c1-16-10-2-3-11-9(6-10)8-15-5-4-13-12(15)7-14-11/h2-6,14H,7-8H2,1H3. The van der Waals surface area contributed by atoms with Crippen LogP contribution in [0.1, 0.15) is 11.4 Å². The highest BCUT2D eigenvalue weighted by Gasteiger charge is 2.12. The zero-order valence-electron chi connectivity index (χ0n) is 9.10. The maximum absolute atomic E-state index is 5.24. The molecule has 0 atom stereocenters. The van der Waals surface area contributed by atoms with Crippen molar-refractivity contribution in [3.05, 3.63) is 42.0 Å². The molecule has 2 heterocycles. The molecule has 2 aromatic rings. The average Bonchev–Trinajstić information content (AvgIpc) is 2.68. The SMILES string of the molecule is COc1ccc2c(c1)Cn1ccnc1CN2. The van der Waals surface area contributed by atoms with Gasteiger partial charge >= 0.3 is 0 Å². The van der Waals surface area contributed by atoms with E-state index in [1.54, 1.807) is 7.11 Å². The molecule has 1 N–H and O–H groups in total. The van der Waals surface area contributed by atoms with Crippen LogP contribution in [0, 0.1) is 0 Å². The van der Waals surface area contributed by atoms with E-state index in [1.807, 2.05) is 18.5 Å². The number of nitrogens with zero attached hydrogens (tertiary/aromatic N) is 2. The Kier molecular flexibility index (Phi) is 2.06. The van der Waals surface area contributed by atoms with E-state index in [1.165, 1.54) is 5.56 Å². The summed E-state index contributed by atoms with van der Waals surface area (Å²) in [7, 11) is 1.69. The Labute approximate surface area is 93.9 Å². The van der Waals surface area contributed by atoms with Crippen LogP contribution >= 0.6 is 0 Å². The fourth-order valence-electron chi connectivity index (χ4n) is 2.01. The van der Waals surface area contributed by atoms with Crippen molar-refractivity contribution in [2.24, 2.45) is 0 Å².